The number of ether oxygens (including phenoxy) is 1. The van der Waals surface area contributed by atoms with Crippen LogP contribution in [0.4, 0.5) is 5.69 Å². The Kier molecular flexibility index (Phi) is 6.73. The highest BCUT2D eigenvalue weighted by atomic mass is 79.9. The third-order valence-corrected chi connectivity index (χ3v) is 4.55. The van der Waals surface area contributed by atoms with Gasteiger partial charge in [-0.1, -0.05) is 0 Å². The van der Waals surface area contributed by atoms with Gasteiger partial charge in [0.2, 0.25) is 0 Å². The van der Waals surface area contributed by atoms with E-state index in [1.54, 1.807) is 31.4 Å². The molecule has 0 unspecified atom stereocenters. The van der Waals surface area contributed by atoms with Crippen LogP contribution >= 0.6 is 15.9 Å². The van der Waals surface area contributed by atoms with Gasteiger partial charge in [-0.2, -0.15) is 0 Å². The van der Waals surface area contributed by atoms with Gasteiger partial charge in [-0.3, -0.25) is 9.59 Å². The minimum absolute atomic E-state index is 0.00527. The van der Waals surface area contributed by atoms with Crippen LogP contribution in [0.3, 0.4) is 0 Å². The molecule has 2 aromatic carbocycles. The Morgan fingerprint density at radius 2 is 1.88 bits per heavy atom. The third kappa shape index (κ3) is 5.41. The zero-order valence-corrected chi connectivity index (χ0v) is 16.1. The van der Waals surface area contributed by atoms with Crippen molar-refractivity contribution in [2.45, 2.75) is 19.9 Å². The van der Waals surface area contributed by atoms with Crippen LogP contribution in [0.1, 0.15) is 35.8 Å². The lowest BCUT2D eigenvalue weighted by atomic mass is 10.1. The van der Waals surface area contributed by atoms with Crippen molar-refractivity contribution in [1.29, 1.82) is 0 Å². The van der Waals surface area contributed by atoms with Gasteiger partial charge in [-0.15, -0.1) is 0 Å². The van der Waals surface area contributed by atoms with E-state index in [4.69, 9.17) is 4.74 Å². The van der Waals surface area contributed by atoms with Crippen LogP contribution in [0.5, 0.6) is 5.75 Å². The normalized spacial score (nSPS) is 11.7. The van der Waals surface area contributed by atoms with Crippen molar-refractivity contribution in [3.05, 3.63) is 58.1 Å². The van der Waals surface area contributed by atoms with Gasteiger partial charge in [0.05, 0.1) is 11.6 Å². The summed E-state index contributed by atoms with van der Waals surface area (Å²) in [7, 11) is 1.63. The van der Waals surface area contributed by atoms with Crippen molar-refractivity contribution < 1.29 is 19.6 Å². The van der Waals surface area contributed by atoms with Crippen molar-refractivity contribution in [3.63, 3.8) is 0 Å². The molecule has 0 spiro atoms. The van der Waals surface area contributed by atoms with Crippen LogP contribution in [0, 0.1) is 0 Å². The molecule has 5 nitrogen and oxygen atoms in total. The Morgan fingerprint density at radius 3 is 2.44 bits per heavy atom. The summed E-state index contributed by atoms with van der Waals surface area (Å²) in [6.45, 7) is 3.86. The first-order valence-electron chi connectivity index (χ1n) is 7.98. The van der Waals surface area contributed by atoms with Crippen molar-refractivity contribution in [1.82, 2.24) is 0 Å². The van der Waals surface area contributed by atoms with Crippen LogP contribution in [-0.2, 0) is 4.79 Å². The van der Waals surface area contributed by atoms with Gasteiger partial charge in [0, 0.05) is 16.8 Å². The van der Waals surface area contributed by atoms with Gasteiger partial charge < -0.3 is 15.4 Å². The molecule has 0 fully saturated rings. The molecule has 2 aromatic rings. The molecule has 1 amide bonds. The number of methoxy groups -OCH3 is 1. The molecule has 0 bridgehead atoms. The zero-order chi connectivity index (χ0) is 18.4. The first-order valence-corrected chi connectivity index (χ1v) is 8.77. The summed E-state index contributed by atoms with van der Waals surface area (Å²) in [6, 6.07) is 12.9. The van der Waals surface area contributed by atoms with E-state index >= 15 is 0 Å². The largest absolute Gasteiger partial charge is 0.496 e. The van der Waals surface area contributed by atoms with Crippen LogP contribution < -0.4 is 15.4 Å². The van der Waals surface area contributed by atoms with E-state index < -0.39 is 0 Å². The Balaban J connectivity index is 1.88. The summed E-state index contributed by atoms with van der Waals surface area (Å²) < 4.78 is 6.12. The predicted octanol–water partition coefficient (Wildman–Crippen LogP) is 2.92. The van der Waals surface area contributed by atoms with Gasteiger partial charge in [-0.25, -0.2) is 0 Å². The fourth-order valence-electron chi connectivity index (χ4n) is 2.39. The Labute approximate surface area is 155 Å². The zero-order valence-electron chi connectivity index (χ0n) is 14.5. The van der Waals surface area contributed by atoms with Crippen LogP contribution in [0.15, 0.2) is 46.9 Å². The molecular formula is C19H22BrN2O3+. The molecule has 0 aliphatic rings. The number of halogens is 1. The molecule has 3 N–H and O–H groups in total. The summed E-state index contributed by atoms with van der Waals surface area (Å²) in [5.41, 5.74) is 2.41. The number of ketones is 1. The van der Waals surface area contributed by atoms with Crippen molar-refractivity contribution in [2.24, 2.45) is 0 Å². The topological polar surface area (TPSA) is 72.0 Å². The molecule has 0 aromatic heterocycles. The molecule has 0 heterocycles. The molecule has 0 saturated carbocycles. The standard InChI is InChI=1S/C19H21BrN2O3/c1-12(15-6-9-18(25-3)17(20)10-15)21-11-19(24)22-16-7-4-14(5-8-16)13(2)23/h4-10,12,21H,11H2,1-3H3,(H,22,24)/p+1/t12-/m0/s1. The maximum atomic E-state index is 12.1. The number of amides is 1. The highest BCUT2D eigenvalue weighted by molar-refractivity contribution is 9.10. The van der Waals surface area contributed by atoms with E-state index in [9.17, 15) is 9.59 Å². The number of benzene rings is 2. The lowest BCUT2D eigenvalue weighted by Crippen LogP contribution is -2.86. The van der Waals surface area contributed by atoms with E-state index in [0.717, 1.165) is 15.8 Å². The summed E-state index contributed by atoms with van der Waals surface area (Å²) in [6.07, 6.45) is 0. The van der Waals surface area contributed by atoms with E-state index in [1.807, 2.05) is 30.4 Å². The number of quaternary nitrogens is 1. The van der Waals surface area contributed by atoms with Gasteiger partial charge in [-0.05, 0) is 72.2 Å². The van der Waals surface area contributed by atoms with Crippen molar-refractivity contribution in [2.75, 3.05) is 19.0 Å². The lowest BCUT2D eigenvalue weighted by molar-refractivity contribution is -0.682. The highest BCUT2D eigenvalue weighted by Crippen LogP contribution is 2.27. The van der Waals surface area contributed by atoms with Gasteiger partial charge in [0.1, 0.15) is 11.8 Å². The number of hydrogen-bond acceptors (Lipinski definition) is 3. The number of anilines is 1. The molecule has 2 rings (SSSR count). The third-order valence-electron chi connectivity index (χ3n) is 3.93. The SMILES string of the molecule is COc1ccc([C@H](C)[NH2+]CC(=O)Nc2ccc(C(C)=O)cc2)cc1Br. The summed E-state index contributed by atoms with van der Waals surface area (Å²) in [5, 5.41) is 4.80. The molecule has 0 aliphatic carbocycles. The highest BCUT2D eigenvalue weighted by Gasteiger charge is 2.13. The number of carbonyl (C=O) groups excluding carboxylic acids is 2. The summed E-state index contributed by atoms with van der Waals surface area (Å²) in [5.74, 6) is 0.698. The van der Waals surface area contributed by atoms with E-state index in [2.05, 4.69) is 21.2 Å². The van der Waals surface area contributed by atoms with E-state index in [0.29, 0.717) is 17.8 Å². The van der Waals surface area contributed by atoms with Gasteiger partial charge in [0.25, 0.3) is 5.91 Å². The Bertz CT molecular complexity index is 760. The second-order valence-electron chi connectivity index (χ2n) is 5.80. The second-order valence-corrected chi connectivity index (χ2v) is 6.66. The van der Waals surface area contributed by atoms with Crippen LogP contribution in [-0.4, -0.2) is 25.3 Å². The predicted molar refractivity (Wildman–Crippen MR) is 101 cm³/mol. The number of Topliss-reactive ketones (excluding diaryl/α,β-unsaturated/α-hetero) is 1. The first kappa shape index (κ1) is 19.1. The van der Waals surface area contributed by atoms with Crippen molar-refractivity contribution in [3.8, 4) is 5.75 Å². The number of nitrogens with two attached hydrogens (primary N) is 1. The smallest absolute Gasteiger partial charge is 0.279 e. The maximum Gasteiger partial charge on any atom is 0.279 e. The number of nitrogens with one attached hydrogen (secondary N) is 1. The molecule has 1 atom stereocenters. The summed E-state index contributed by atoms with van der Waals surface area (Å²) in [4.78, 5) is 23.3. The summed E-state index contributed by atoms with van der Waals surface area (Å²) >= 11 is 3.47. The maximum absolute atomic E-state index is 12.1. The second kappa shape index (κ2) is 8.78. The number of hydrogen-bond donors (Lipinski definition) is 2. The van der Waals surface area contributed by atoms with Crippen molar-refractivity contribution >= 4 is 33.3 Å². The minimum Gasteiger partial charge on any atom is -0.496 e. The molecule has 25 heavy (non-hydrogen) atoms. The Morgan fingerprint density at radius 1 is 1.20 bits per heavy atom. The molecule has 0 aliphatic heterocycles. The van der Waals surface area contributed by atoms with Crippen LogP contribution in [0.2, 0.25) is 0 Å². The number of carbonyl (C=O) groups is 2. The fraction of sp³-hybridized carbons (Fsp3) is 0.263. The van der Waals surface area contributed by atoms with Gasteiger partial charge in [0.15, 0.2) is 12.3 Å². The van der Waals surface area contributed by atoms with E-state index in [1.165, 1.54) is 6.92 Å². The van der Waals surface area contributed by atoms with E-state index in [-0.39, 0.29) is 17.7 Å². The monoisotopic (exact) mass is 405 g/mol. The quantitative estimate of drug-likeness (QED) is 0.695. The fourth-order valence-corrected chi connectivity index (χ4v) is 2.94. The minimum atomic E-state index is -0.0880. The van der Waals surface area contributed by atoms with Gasteiger partial charge >= 0.3 is 0 Å². The molecule has 6 heteroatoms. The molecule has 132 valence electrons. The first-order chi connectivity index (χ1) is 11.9. The lowest BCUT2D eigenvalue weighted by Gasteiger charge is -2.13. The Hall–Kier alpha value is -2.18. The molecular weight excluding hydrogens is 384 g/mol. The van der Waals surface area contributed by atoms with Crippen LogP contribution in [0.25, 0.3) is 0 Å². The average molecular weight is 406 g/mol. The average Bonchev–Trinajstić information content (AvgIpc) is 2.60. The number of rotatable bonds is 7. The molecule has 0 saturated heterocycles. The molecule has 0 radical (unpaired) electrons.